The Hall–Kier alpha value is -1.00. The van der Waals surface area contributed by atoms with E-state index < -0.39 is 0 Å². The molecule has 0 aliphatic heterocycles. The van der Waals surface area contributed by atoms with Gasteiger partial charge < -0.3 is 15.7 Å². The molecule has 3 nitrogen and oxygen atoms in total. The highest BCUT2D eigenvalue weighted by Crippen LogP contribution is 2.37. The lowest BCUT2D eigenvalue weighted by molar-refractivity contribution is 0.279. The molecule has 0 saturated heterocycles. The average Bonchev–Trinajstić information content (AvgIpc) is 2.97. The summed E-state index contributed by atoms with van der Waals surface area (Å²) in [5, 5.41) is 14.8. The molecule has 1 atom stereocenters. The van der Waals surface area contributed by atoms with E-state index in [-0.39, 0.29) is 6.73 Å². The first kappa shape index (κ1) is 21.0. The Kier molecular flexibility index (Phi) is 12.0. The molecule has 0 bridgehead atoms. The molecule has 0 radical (unpaired) electrons. The van der Waals surface area contributed by atoms with Crippen LogP contribution in [-0.2, 0) is 6.42 Å². The van der Waals surface area contributed by atoms with Crippen LogP contribution in [0.15, 0.2) is 34.6 Å². The Morgan fingerprint density at radius 2 is 2.00 bits per heavy atom. The molecular formula is C18H31BrN2O. The number of hydrogen-bond acceptors (Lipinski definition) is 3. The summed E-state index contributed by atoms with van der Waals surface area (Å²) in [6, 6.07) is 6.57. The van der Waals surface area contributed by atoms with E-state index in [9.17, 15) is 0 Å². The Labute approximate surface area is 144 Å². The van der Waals surface area contributed by atoms with E-state index in [1.54, 1.807) is 0 Å². The summed E-state index contributed by atoms with van der Waals surface area (Å²) in [7, 11) is 1.92. The van der Waals surface area contributed by atoms with E-state index in [2.05, 4.69) is 44.8 Å². The minimum atomic E-state index is -0.0284. The van der Waals surface area contributed by atoms with Gasteiger partial charge >= 0.3 is 0 Å². The zero-order chi connectivity index (χ0) is 17.0. The predicted molar refractivity (Wildman–Crippen MR) is 99.9 cm³/mol. The number of aryl methyl sites for hydroxylation is 1. The fourth-order valence-corrected chi connectivity index (χ4v) is 2.96. The van der Waals surface area contributed by atoms with E-state index in [0.29, 0.717) is 5.92 Å². The van der Waals surface area contributed by atoms with Crippen molar-refractivity contribution in [3.05, 3.63) is 45.7 Å². The monoisotopic (exact) mass is 370 g/mol. The molecule has 3 N–H and O–H groups in total. The van der Waals surface area contributed by atoms with Gasteiger partial charge in [0.05, 0.1) is 0 Å². The second kappa shape index (κ2) is 12.5. The lowest BCUT2D eigenvalue weighted by atomic mass is 9.96. The summed E-state index contributed by atoms with van der Waals surface area (Å²) >= 11 is 3.52. The van der Waals surface area contributed by atoms with Gasteiger partial charge in [-0.05, 0) is 48.4 Å². The maximum atomic E-state index is 8.77. The van der Waals surface area contributed by atoms with E-state index in [1.165, 1.54) is 17.5 Å². The molecule has 4 heteroatoms. The van der Waals surface area contributed by atoms with Crippen molar-refractivity contribution < 1.29 is 5.11 Å². The van der Waals surface area contributed by atoms with Crippen molar-refractivity contribution in [2.45, 2.75) is 52.9 Å². The average molecular weight is 371 g/mol. The quantitative estimate of drug-likeness (QED) is 0.667. The summed E-state index contributed by atoms with van der Waals surface area (Å²) in [4.78, 5) is 0. The molecule has 0 fully saturated rings. The van der Waals surface area contributed by atoms with Gasteiger partial charge in [0.25, 0.3) is 0 Å². The van der Waals surface area contributed by atoms with Gasteiger partial charge in [0.15, 0.2) is 0 Å². The van der Waals surface area contributed by atoms with Gasteiger partial charge in [-0.3, -0.25) is 0 Å². The smallest absolute Gasteiger partial charge is 0.112 e. The Bertz CT molecular complexity index is 447. The van der Waals surface area contributed by atoms with Crippen LogP contribution in [0.5, 0.6) is 0 Å². The largest absolute Gasteiger partial charge is 0.390 e. The second-order valence-corrected chi connectivity index (χ2v) is 5.48. The van der Waals surface area contributed by atoms with Crippen LogP contribution in [0.3, 0.4) is 0 Å². The molecule has 1 aliphatic rings. The van der Waals surface area contributed by atoms with Crippen molar-refractivity contribution in [1.29, 1.82) is 0 Å². The normalized spacial score (nSPS) is 15.8. The summed E-state index contributed by atoms with van der Waals surface area (Å²) in [5.74, 6) is 0.576. The van der Waals surface area contributed by atoms with Crippen LogP contribution in [0.1, 0.15) is 57.6 Å². The molecule has 1 unspecified atom stereocenters. The van der Waals surface area contributed by atoms with Gasteiger partial charge in [0.2, 0.25) is 0 Å². The van der Waals surface area contributed by atoms with Crippen LogP contribution in [0, 0.1) is 0 Å². The summed E-state index contributed by atoms with van der Waals surface area (Å²) < 4.78 is 1.16. The van der Waals surface area contributed by atoms with E-state index in [0.717, 1.165) is 23.0 Å². The first-order chi connectivity index (χ1) is 10.7. The van der Waals surface area contributed by atoms with Gasteiger partial charge in [-0.15, -0.1) is 0 Å². The number of nitrogens with one attached hydrogen (secondary N) is 2. The van der Waals surface area contributed by atoms with Crippen molar-refractivity contribution in [3.63, 3.8) is 0 Å². The van der Waals surface area contributed by atoms with Gasteiger partial charge in [-0.2, -0.15) is 0 Å². The second-order valence-electron chi connectivity index (χ2n) is 4.56. The number of rotatable bonds is 5. The lowest BCUT2D eigenvalue weighted by Gasteiger charge is -2.14. The summed E-state index contributed by atoms with van der Waals surface area (Å²) in [6.45, 7) is 7.97. The number of benzene rings is 1. The van der Waals surface area contributed by atoms with Crippen LogP contribution in [0.25, 0.3) is 0 Å². The van der Waals surface area contributed by atoms with Crippen LogP contribution < -0.4 is 10.6 Å². The standard InChI is InChI=1S/C14H19BrN2O.2C2H6/c1-16-13(8-17-9-18)7-11-3-2-10-6-12(15)4-5-14(10)11;2*1-2/h4-6,8,11,16-18H,2-3,7,9H2,1H3;2*1-2H3/b13-8-;;. The SMILES string of the molecule is CC.CC.CN/C(=C\NCO)CC1CCc2cc(Br)ccc21. The number of allylic oxidation sites excluding steroid dienone is 1. The molecule has 1 aliphatic carbocycles. The molecule has 0 spiro atoms. The molecule has 126 valence electrons. The van der Waals surface area contributed by atoms with E-state index in [1.807, 2.05) is 40.9 Å². The van der Waals surface area contributed by atoms with Gasteiger partial charge in [0.1, 0.15) is 6.73 Å². The molecule has 0 aromatic heterocycles. The van der Waals surface area contributed by atoms with Gasteiger partial charge in [0, 0.05) is 23.4 Å². The maximum Gasteiger partial charge on any atom is 0.112 e. The molecule has 0 saturated carbocycles. The van der Waals surface area contributed by atoms with Crippen LogP contribution in [-0.4, -0.2) is 18.9 Å². The molecule has 1 aromatic rings. The Morgan fingerprint density at radius 1 is 1.32 bits per heavy atom. The van der Waals surface area contributed by atoms with E-state index in [4.69, 9.17) is 5.11 Å². The summed E-state index contributed by atoms with van der Waals surface area (Å²) in [6.07, 6.45) is 5.20. The first-order valence-electron chi connectivity index (χ1n) is 8.24. The van der Waals surface area contributed by atoms with Crippen molar-refractivity contribution in [3.8, 4) is 0 Å². The predicted octanol–water partition coefficient (Wildman–Crippen LogP) is 4.52. The number of aliphatic hydroxyl groups excluding tert-OH is 1. The third-order valence-electron chi connectivity index (χ3n) is 3.46. The van der Waals surface area contributed by atoms with E-state index >= 15 is 0 Å². The third-order valence-corrected chi connectivity index (χ3v) is 3.96. The molecular weight excluding hydrogens is 340 g/mol. The molecule has 22 heavy (non-hydrogen) atoms. The number of hydrogen-bond donors (Lipinski definition) is 3. The number of fused-ring (bicyclic) bond motifs is 1. The van der Waals surface area contributed by atoms with Crippen LogP contribution >= 0.6 is 15.9 Å². The number of aliphatic hydroxyl groups is 1. The fraction of sp³-hybridized carbons (Fsp3) is 0.556. The molecule has 0 heterocycles. The minimum absolute atomic E-state index is 0.0284. The van der Waals surface area contributed by atoms with Crippen molar-refractivity contribution in [1.82, 2.24) is 10.6 Å². The first-order valence-corrected chi connectivity index (χ1v) is 9.03. The van der Waals surface area contributed by atoms with Gasteiger partial charge in [-0.25, -0.2) is 0 Å². The Morgan fingerprint density at radius 3 is 2.59 bits per heavy atom. The minimum Gasteiger partial charge on any atom is -0.390 e. The van der Waals surface area contributed by atoms with Crippen LogP contribution in [0.2, 0.25) is 0 Å². The number of halogens is 1. The summed E-state index contributed by atoms with van der Waals surface area (Å²) in [5.41, 5.74) is 4.05. The van der Waals surface area contributed by atoms with Crippen molar-refractivity contribution >= 4 is 15.9 Å². The zero-order valence-corrected chi connectivity index (χ0v) is 16.1. The molecule has 0 amide bonds. The molecule has 2 rings (SSSR count). The highest BCUT2D eigenvalue weighted by atomic mass is 79.9. The highest BCUT2D eigenvalue weighted by molar-refractivity contribution is 9.10. The third kappa shape index (κ3) is 6.41. The van der Waals surface area contributed by atoms with Crippen molar-refractivity contribution in [2.75, 3.05) is 13.8 Å². The van der Waals surface area contributed by atoms with Gasteiger partial charge in [-0.1, -0.05) is 49.7 Å². The fourth-order valence-electron chi connectivity index (χ4n) is 2.55. The lowest BCUT2D eigenvalue weighted by Crippen LogP contribution is -2.15. The van der Waals surface area contributed by atoms with Crippen molar-refractivity contribution in [2.24, 2.45) is 0 Å². The molecule has 1 aromatic carbocycles. The Balaban J connectivity index is 0.00000102. The van der Waals surface area contributed by atoms with Crippen LogP contribution in [0.4, 0.5) is 0 Å². The zero-order valence-electron chi connectivity index (χ0n) is 14.5. The highest BCUT2D eigenvalue weighted by Gasteiger charge is 2.23. The topological polar surface area (TPSA) is 44.3 Å². The maximum absolute atomic E-state index is 8.77.